The van der Waals surface area contributed by atoms with Gasteiger partial charge in [-0.3, -0.25) is 0 Å². The van der Waals surface area contributed by atoms with Crippen molar-refractivity contribution in [1.29, 1.82) is 0 Å². The molecule has 0 aliphatic rings. The quantitative estimate of drug-likeness (QED) is 0.173. The first-order valence-corrected chi connectivity index (χ1v) is 13.9. The van der Waals surface area contributed by atoms with Gasteiger partial charge in [0, 0.05) is 6.08 Å². The molecule has 0 fully saturated rings. The van der Waals surface area contributed by atoms with Crippen LogP contribution in [-0.4, -0.2) is 30.3 Å². The molecule has 0 saturated carbocycles. The van der Waals surface area contributed by atoms with Gasteiger partial charge in [-0.15, -0.1) is 33.2 Å². The highest BCUT2D eigenvalue weighted by molar-refractivity contribution is 7.64. The van der Waals surface area contributed by atoms with E-state index in [1.165, 1.54) is 6.08 Å². The van der Waals surface area contributed by atoms with Gasteiger partial charge in [-0.2, -0.15) is 0 Å². The summed E-state index contributed by atoms with van der Waals surface area (Å²) in [5.41, 5.74) is 0.733. The molecule has 0 atom stereocenters. The normalized spacial score (nSPS) is 11.7. The molecule has 0 unspecified atom stereocenters. The number of ether oxygens (including phenoxy) is 2. The molecule has 0 bridgehead atoms. The molecular formula is C18H25Cl3O4Si. The zero-order valence-electron chi connectivity index (χ0n) is 14.8. The van der Waals surface area contributed by atoms with E-state index in [4.69, 9.17) is 47.8 Å². The lowest BCUT2D eigenvalue weighted by molar-refractivity contribution is -0.131. The second-order valence-corrected chi connectivity index (χ2v) is 15.1. The molecule has 0 aliphatic carbocycles. The molecule has 0 radical (unpaired) electrons. The Morgan fingerprint density at radius 3 is 2.35 bits per heavy atom. The minimum absolute atomic E-state index is 0.479. The largest absolute Gasteiger partial charge is 0.490 e. The van der Waals surface area contributed by atoms with Crippen molar-refractivity contribution in [3.05, 3.63) is 29.8 Å². The van der Waals surface area contributed by atoms with Crippen LogP contribution >= 0.6 is 33.2 Å². The lowest BCUT2D eigenvalue weighted by atomic mass is 10.2. The first-order valence-electron chi connectivity index (χ1n) is 8.69. The molecule has 1 rings (SSSR count). The standard InChI is InChI=1S/C18H25Cl3O4Si/c1-2-3-4-11-24-16-9-7-15(8-10-18(22)23)14-17(16)25-12-5-6-13-26(19,20)21/h7-10,14H,2-6,11-13H2,1H3,(H,22,23). The molecule has 0 aromatic heterocycles. The van der Waals surface area contributed by atoms with E-state index in [1.807, 2.05) is 0 Å². The summed E-state index contributed by atoms with van der Waals surface area (Å²) in [6, 6.07) is 3.40. The van der Waals surface area contributed by atoms with Crippen LogP contribution in [0.3, 0.4) is 0 Å². The summed E-state index contributed by atoms with van der Waals surface area (Å²) < 4.78 is 11.6. The fourth-order valence-corrected chi connectivity index (χ4v) is 4.03. The Labute approximate surface area is 170 Å². The fourth-order valence-electron chi connectivity index (χ4n) is 2.17. The van der Waals surface area contributed by atoms with E-state index in [0.717, 1.165) is 43.7 Å². The third-order valence-electron chi connectivity index (χ3n) is 3.50. The Kier molecular flexibility index (Phi) is 11.1. The van der Waals surface area contributed by atoms with Gasteiger partial charge in [0.25, 0.3) is 0 Å². The second kappa shape index (κ2) is 12.5. The number of carboxylic acids is 1. The van der Waals surface area contributed by atoms with E-state index in [-0.39, 0.29) is 0 Å². The molecule has 8 heteroatoms. The van der Waals surface area contributed by atoms with Gasteiger partial charge in [0.2, 0.25) is 0 Å². The van der Waals surface area contributed by atoms with Crippen molar-refractivity contribution < 1.29 is 19.4 Å². The number of hydrogen-bond donors (Lipinski definition) is 1. The van der Waals surface area contributed by atoms with Gasteiger partial charge in [0.1, 0.15) is 0 Å². The highest BCUT2D eigenvalue weighted by Crippen LogP contribution is 2.30. The van der Waals surface area contributed by atoms with Gasteiger partial charge in [0.05, 0.1) is 13.2 Å². The van der Waals surface area contributed by atoms with Crippen LogP contribution in [-0.2, 0) is 4.79 Å². The van der Waals surface area contributed by atoms with E-state index in [9.17, 15) is 4.79 Å². The van der Waals surface area contributed by atoms with Crippen molar-refractivity contribution in [2.24, 2.45) is 0 Å². The van der Waals surface area contributed by atoms with Crippen LogP contribution in [0.5, 0.6) is 11.5 Å². The third-order valence-corrected chi connectivity index (χ3v) is 6.13. The van der Waals surface area contributed by atoms with Gasteiger partial charge in [0.15, 0.2) is 11.5 Å². The van der Waals surface area contributed by atoms with Crippen molar-refractivity contribution in [1.82, 2.24) is 0 Å². The molecule has 26 heavy (non-hydrogen) atoms. The van der Waals surface area contributed by atoms with Crippen LogP contribution in [0.2, 0.25) is 6.04 Å². The summed E-state index contributed by atoms with van der Waals surface area (Å²) in [6.45, 7) is 3.23. The monoisotopic (exact) mass is 438 g/mol. The van der Waals surface area contributed by atoms with Crippen molar-refractivity contribution in [3.8, 4) is 11.5 Å². The van der Waals surface area contributed by atoms with Gasteiger partial charge in [-0.05, 0) is 49.1 Å². The smallest absolute Gasteiger partial charge is 0.341 e. The predicted molar refractivity (Wildman–Crippen MR) is 111 cm³/mol. The summed E-state index contributed by atoms with van der Waals surface area (Å²) in [5, 5.41) is 8.76. The Hall–Kier alpha value is -0.883. The van der Waals surface area contributed by atoms with E-state index in [2.05, 4.69) is 6.92 Å². The van der Waals surface area contributed by atoms with Gasteiger partial charge >= 0.3 is 12.0 Å². The molecule has 0 amide bonds. The number of halogens is 3. The van der Waals surface area contributed by atoms with E-state index < -0.39 is 12.0 Å². The van der Waals surface area contributed by atoms with Gasteiger partial charge in [-0.1, -0.05) is 25.8 Å². The average Bonchev–Trinajstić information content (AvgIpc) is 2.56. The molecule has 0 spiro atoms. The highest BCUT2D eigenvalue weighted by Gasteiger charge is 2.23. The maximum atomic E-state index is 10.7. The van der Waals surface area contributed by atoms with Crippen LogP contribution in [0.15, 0.2) is 24.3 Å². The molecule has 146 valence electrons. The number of aliphatic carboxylic acids is 1. The number of hydrogen-bond acceptors (Lipinski definition) is 3. The molecule has 1 aromatic rings. The first-order chi connectivity index (χ1) is 12.3. The summed E-state index contributed by atoms with van der Waals surface area (Å²) in [5.74, 6) is 0.257. The van der Waals surface area contributed by atoms with Crippen molar-refractivity contribution in [3.63, 3.8) is 0 Å². The van der Waals surface area contributed by atoms with Gasteiger partial charge in [-0.25, -0.2) is 4.79 Å². The summed E-state index contributed by atoms with van der Waals surface area (Å²) >= 11 is 17.6. The Morgan fingerprint density at radius 1 is 1.08 bits per heavy atom. The zero-order chi connectivity index (χ0) is 19.4. The number of carboxylic acid groups (broad SMARTS) is 1. The summed E-state index contributed by atoms with van der Waals surface area (Å²) in [4.78, 5) is 10.7. The SMILES string of the molecule is CCCCCOc1ccc(C=CC(=O)O)cc1OCCCC[Si](Cl)(Cl)Cl. The highest BCUT2D eigenvalue weighted by atomic mass is 35.8. The predicted octanol–water partition coefficient (Wildman–Crippen LogP) is 6.17. The van der Waals surface area contributed by atoms with Crippen molar-refractivity contribution >= 4 is 51.3 Å². The lowest BCUT2D eigenvalue weighted by Gasteiger charge is -2.14. The average molecular weight is 440 g/mol. The van der Waals surface area contributed by atoms with Crippen LogP contribution in [0.1, 0.15) is 44.6 Å². The topological polar surface area (TPSA) is 55.8 Å². The van der Waals surface area contributed by atoms with E-state index in [1.54, 1.807) is 18.2 Å². The number of benzene rings is 1. The van der Waals surface area contributed by atoms with Crippen LogP contribution in [0.25, 0.3) is 6.08 Å². The molecular weight excluding hydrogens is 415 g/mol. The zero-order valence-corrected chi connectivity index (χ0v) is 18.1. The second-order valence-electron chi connectivity index (χ2n) is 5.85. The van der Waals surface area contributed by atoms with Crippen molar-refractivity contribution in [2.45, 2.75) is 45.1 Å². The fraction of sp³-hybridized carbons (Fsp3) is 0.500. The number of unbranched alkanes of at least 4 members (excludes halogenated alkanes) is 3. The maximum absolute atomic E-state index is 10.7. The molecule has 0 saturated heterocycles. The van der Waals surface area contributed by atoms with Crippen LogP contribution in [0.4, 0.5) is 0 Å². The molecule has 0 heterocycles. The first kappa shape index (κ1) is 23.2. The maximum Gasteiger partial charge on any atom is 0.341 e. The number of rotatable bonds is 13. The molecule has 0 aliphatic heterocycles. The summed E-state index contributed by atoms with van der Waals surface area (Å²) in [7, 11) is 0. The Balaban J connectivity index is 2.68. The van der Waals surface area contributed by atoms with Crippen molar-refractivity contribution in [2.75, 3.05) is 13.2 Å². The Morgan fingerprint density at radius 2 is 1.73 bits per heavy atom. The van der Waals surface area contributed by atoms with Gasteiger partial charge < -0.3 is 14.6 Å². The molecule has 4 nitrogen and oxygen atoms in total. The minimum atomic E-state index is -2.58. The summed E-state index contributed by atoms with van der Waals surface area (Å²) in [6.07, 6.45) is 7.37. The minimum Gasteiger partial charge on any atom is -0.490 e. The molecule has 1 aromatic carbocycles. The lowest BCUT2D eigenvalue weighted by Crippen LogP contribution is -2.09. The van der Waals surface area contributed by atoms with Crippen LogP contribution in [0, 0.1) is 0 Å². The third kappa shape index (κ3) is 11.0. The van der Waals surface area contributed by atoms with E-state index in [0.29, 0.717) is 30.8 Å². The number of carbonyl (C=O) groups is 1. The van der Waals surface area contributed by atoms with E-state index >= 15 is 0 Å². The Bertz CT molecular complexity index is 588. The van der Waals surface area contributed by atoms with Crippen LogP contribution < -0.4 is 9.47 Å². The molecule has 1 N–H and O–H groups in total.